The van der Waals surface area contributed by atoms with Crippen molar-refractivity contribution in [1.82, 2.24) is 0 Å². The molecule has 0 radical (unpaired) electrons. The van der Waals surface area contributed by atoms with Crippen LogP contribution in [0.2, 0.25) is 0 Å². The van der Waals surface area contributed by atoms with E-state index in [2.05, 4.69) is 0 Å². The fraction of sp³-hybridized carbons (Fsp3) is 0.600. The largest absolute Gasteiger partial charge is 0.493 e. The van der Waals surface area contributed by atoms with Crippen molar-refractivity contribution in [3.8, 4) is 11.5 Å². The lowest BCUT2D eigenvalue weighted by atomic mass is 9.74. The Bertz CT molecular complexity index is 477. The zero-order valence-corrected chi connectivity index (χ0v) is 11.4. The number of benzene rings is 1. The van der Waals surface area contributed by atoms with Crippen molar-refractivity contribution in [3.63, 3.8) is 0 Å². The second-order valence-electron chi connectivity index (χ2n) is 5.39. The van der Waals surface area contributed by atoms with Gasteiger partial charge in [0.2, 0.25) is 0 Å². The van der Waals surface area contributed by atoms with Gasteiger partial charge in [-0.2, -0.15) is 0 Å². The molecule has 1 aromatic rings. The molecule has 1 aliphatic heterocycles. The molecule has 4 heteroatoms. The minimum Gasteiger partial charge on any atom is -0.493 e. The third-order valence-electron chi connectivity index (χ3n) is 4.51. The average Bonchev–Trinajstić information content (AvgIpc) is 2.92. The third kappa shape index (κ3) is 1.82. The van der Waals surface area contributed by atoms with Gasteiger partial charge in [0, 0.05) is 5.41 Å². The molecule has 1 N–H and O–H groups in total. The molecule has 0 saturated heterocycles. The lowest BCUT2D eigenvalue weighted by molar-refractivity contribution is -0.164. The Kier molecular flexibility index (Phi) is 3.15. The molecule has 2 aliphatic rings. The van der Waals surface area contributed by atoms with Gasteiger partial charge in [-0.15, -0.1) is 0 Å². The van der Waals surface area contributed by atoms with Gasteiger partial charge in [0.1, 0.15) is 0 Å². The zero-order chi connectivity index (χ0) is 13.5. The summed E-state index contributed by atoms with van der Waals surface area (Å²) in [4.78, 5) is 0. The number of hydrogen-bond acceptors (Lipinski definition) is 4. The Hall–Kier alpha value is -1.26. The first-order valence-corrected chi connectivity index (χ1v) is 6.76. The van der Waals surface area contributed by atoms with Gasteiger partial charge in [0.05, 0.1) is 20.8 Å². The Morgan fingerprint density at radius 2 is 1.79 bits per heavy atom. The normalized spacial score (nSPS) is 24.3. The number of aliphatic hydroxyl groups excluding tert-OH is 1. The Labute approximate surface area is 113 Å². The highest BCUT2D eigenvalue weighted by molar-refractivity contribution is 5.51. The van der Waals surface area contributed by atoms with Crippen molar-refractivity contribution in [2.45, 2.75) is 44.0 Å². The summed E-state index contributed by atoms with van der Waals surface area (Å²) in [6.07, 6.45) is 3.50. The van der Waals surface area contributed by atoms with Crippen molar-refractivity contribution in [2.24, 2.45) is 0 Å². The zero-order valence-electron chi connectivity index (χ0n) is 11.4. The van der Waals surface area contributed by atoms with Crippen molar-refractivity contribution in [1.29, 1.82) is 0 Å². The first-order chi connectivity index (χ1) is 9.21. The molecule has 1 unspecified atom stereocenters. The maximum absolute atomic E-state index is 10.3. The van der Waals surface area contributed by atoms with Crippen molar-refractivity contribution >= 4 is 0 Å². The van der Waals surface area contributed by atoms with Crippen LogP contribution in [0.4, 0.5) is 0 Å². The van der Waals surface area contributed by atoms with E-state index in [4.69, 9.17) is 14.2 Å². The van der Waals surface area contributed by atoms with Crippen LogP contribution in [0.1, 0.15) is 36.8 Å². The molecule has 1 spiro atoms. The average molecular weight is 264 g/mol. The molecule has 1 aliphatic carbocycles. The van der Waals surface area contributed by atoms with E-state index in [1.54, 1.807) is 14.2 Å². The van der Waals surface area contributed by atoms with Gasteiger partial charge in [0.15, 0.2) is 17.8 Å². The van der Waals surface area contributed by atoms with Crippen molar-refractivity contribution in [3.05, 3.63) is 23.3 Å². The van der Waals surface area contributed by atoms with Crippen LogP contribution in [0.25, 0.3) is 0 Å². The number of hydrogen-bond donors (Lipinski definition) is 1. The highest BCUT2D eigenvalue weighted by Gasteiger charge is 2.47. The summed E-state index contributed by atoms with van der Waals surface area (Å²) in [5, 5.41) is 10.3. The maximum atomic E-state index is 10.3. The highest BCUT2D eigenvalue weighted by atomic mass is 16.6. The third-order valence-corrected chi connectivity index (χ3v) is 4.51. The SMILES string of the molecule is COc1cc2c(cc1OC)C1(CCCC1)C(O)OC2. The Morgan fingerprint density at radius 1 is 1.16 bits per heavy atom. The molecule has 3 rings (SSSR count). The number of ether oxygens (including phenoxy) is 3. The topological polar surface area (TPSA) is 47.9 Å². The van der Waals surface area contributed by atoms with Crippen LogP contribution in [0.3, 0.4) is 0 Å². The molecule has 0 aromatic heterocycles. The number of fused-ring (bicyclic) bond motifs is 2. The van der Waals surface area contributed by atoms with Crippen LogP contribution >= 0.6 is 0 Å². The van der Waals surface area contributed by atoms with Gasteiger partial charge in [-0.25, -0.2) is 0 Å². The summed E-state index contributed by atoms with van der Waals surface area (Å²) in [5.74, 6) is 1.44. The van der Waals surface area contributed by atoms with Crippen LogP contribution < -0.4 is 9.47 Å². The van der Waals surface area contributed by atoms with Crippen LogP contribution in [0, 0.1) is 0 Å². The highest BCUT2D eigenvalue weighted by Crippen LogP contribution is 2.50. The molecule has 0 amide bonds. The first kappa shape index (κ1) is 12.8. The summed E-state index contributed by atoms with van der Waals surface area (Å²) in [5.41, 5.74) is 2.01. The van der Waals surface area contributed by atoms with E-state index in [1.807, 2.05) is 12.1 Å². The Balaban J connectivity index is 2.14. The van der Waals surface area contributed by atoms with E-state index in [0.29, 0.717) is 6.61 Å². The van der Waals surface area contributed by atoms with Crippen LogP contribution in [0.5, 0.6) is 11.5 Å². The van der Waals surface area contributed by atoms with E-state index in [9.17, 15) is 5.11 Å². The second-order valence-corrected chi connectivity index (χ2v) is 5.39. The smallest absolute Gasteiger partial charge is 0.164 e. The molecule has 4 nitrogen and oxygen atoms in total. The molecule has 104 valence electrons. The molecule has 1 heterocycles. The molecule has 1 atom stereocenters. The van der Waals surface area contributed by atoms with Crippen LogP contribution in [0.15, 0.2) is 12.1 Å². The van der Waals surface area contributed by atoms with E-state index in [1.165, 1.54) is 5.56 Å². The minimum absolute atomic E-state index is 0.257. The maximum Gasteiger partial charge on any atom is 0.164 e. The summed E-state index contributed by atoms with van der Waals surface area (Å²) < 4.78 is 16.3. The van der Waals surface area contributed by atoms with Gasteiger partial charge in [0.25, 0.3) is 0 Å². The van der Waals surface area contributed by atoms with E-state index in [0.717, 1.165) is 42.7 Å². The van der Waals surface area contributed by atoms with E-state index < -0.39 is 6.29 Å². The summed E-state index contributed by atoms with van der Waals surface area (Å²) in [7, 11) is 3.27. The number of methoxy groups -OCH3 is 2. The molecule has 1 fully saturated rings. The predicted molar refractivity (Wildman–Crippen MR) is 70.5 cm³/mol. The second kappa shape index (κ2) is 4.69. The number of rotatable bonds is 2. The van der Waals surface area contributed by atoms with Gasteiger partial charge in [-0.1, -0.05) is 12.8 Å². The fourth-order valence-corrected chi connectivity index (χ4v) is 3.49. The molecule has 1 saturated carbocycles. The summed E-state index contributed by atoms with van der Waals surface area (Å²) in [6, 6.07) is 3.99. The Morgan fingerprint density at radius 3 is 2.42 bits per heavy atom. The van der Waals surface area contributed by atoms with Crippen LogP contribution in [-0.2, 0) is 16.8 Å². The molecular formula is C15H20O4. The standard InChI is InChI=1S/C15H20O4/c1-17-12-7-10-9-19-14(16)15(5-3-4-6-15)11(10)8-13(12)18-2/h7-8,14,16H,3-6,9H2,1-2H3. The van der Waals surface area contributed by atoms with Gasteiger partial charge in [-0.3, -0.25) is 0 Å². The van der Waals surface area contributed by atoms with Crippen molar-refractivity contribution in [2.75, 3.05) is 14.2 Å². The minimum atomic E-state index is -0.708. The van der Waals surface area contributed by atoms with Gasteiger partial charge >= 0.3 is 0 Å². The predicted octanol–water partition coefficient (Wildman–Crippen LogP) is 2.36. The lowest BCUT2D eigenvalue weighted by Crippen LogP contribution is -2.43. The molecule has 1 aromatic carbocycles. The molecule has 19 heavy (non-hydrogen) atoms. The lowest BCUT2D eigenvalue weighted by Gasteiger charge is -2.40. The monoisotopic (exact) mass is 264 g/mol. The molecular weight excluding hydrogens is 244 g/mol. The summed E-state index contributed by atoms with van der Waals surface area (Å²) in [6.45, 7) is 0.429. The van der Waals surface area contributed by atoms with Crippen molar-refractivity contribution < 1.29 is 19.3 Å². The van der Waals surface area contributed by atoms with E-state index in [-0.39, 0.29) is 5.41 Å². The number of aliphatic hydroxyl groups is 1. The first-order valence-electron chi connectivity index (χ1n) is 6.76. The fourth-order valence-electron chi connectivity index (χ4n) is 3.49. The quantitative estimate of drug-likeness (QED) is 0.891. The molecule has 0 bridgehead atoms. The van der Waals surface area contributed by atoms with Crippen LogP contribution in [-0.4, -0.2) is 25.6 Å². The van der Waals surface area contributed by atoms with Gasteiger partial charge < -0.3 is 19.3 Å². The summed E-state index contributed by atoms with van der Waals surface area (Å²) >= 11 is 0. The van der Waals surface area contributed by atoms with E-state index >= 15 is 0 Å². The van der Waals surface area contributed by atoms with Gasteiger partial charge in [-0.05, 0) is 36.1 Å².